The number of hydrogen-bond donors (Lipinski definition) is 0. The molecule has 5 heteroatoms. The smallest absolute Gasteiger partial charge is 0.349 e. The van der Waals surface area contributed by atoms with Crippen molar-refractivity contribution in [1.29, 1.82) is 5.26 Å². The van der Waals surface area contributed by atoms with Crippen molar-refractivity contribution in [2.45, 2.75) is 103 Å². The molecule has 0 aromatic heterocycles. The number of nitriles is 1. The summed E-state index contributed by atoms with van der Waals surface area (Å²) in [6, 6.07) is 11.4. The zero-order chi connectivity index (χ0) is 23.6. The van der Waals surface area contributed by atoms with Gasteiger partial charge in [0.1, 0.15) is 17.7 Å². The number of piperidine rings is 1. The SMILES string of the molecule is CCCCCCCCON1C(C)(C)CC(OC(=O)C(C#N)=Cc2ccccc2)CC1(C)C. The molecule has 1 heterocycles. The van der Waals surface area contributed by atoms with Crippen LogP contribution in [0.4, 0.5) is 0 Å². The summed E-state index contributed by atoms with van der Waals surface area (Å²) in [5.74, 6) is -0.561. The number of esters is 1. The van der Waals surface area contributed by atoms with Gasteiger partial charge in [0.05, 0.1) is 6.61 Å². The number of benzene rings is 1. The quantitative estimate of drug-likeness (QED) is 0.171. The van der Waals surface area contributed by atoms with Gasteiger partial charge in [0.2, 0.25) is 0 Å². The van der Waals surface area contributed by atoms with Crippen molar-refractivity contribution in [3.63, 3.8) is 0 Å². The number of carbonyl (C=O) groups is 1. The Bertz CT molecular complexity index is 775. The highest BCUT2D eigenvalue weighted by Gasteiger charge is 2.47. The zero-order valence-corrected chi connectivity index (χ0v) is 20.5. The van der Waals surface area contributed by atoms with Crippen LogP contribution in [-0.2, 0) is 14.4 Å². The van der Waals surface area contributed by atoms with E-state index in [1.165, 1.54) is 32.1 Å². The molecule has 0 saturated carbocycles. The molecule has 0 amide bonds. The monoisotopic (exact) mass is 440 g/mol. The molecule has 0 bridgehead atoms. The Kier molecular flexibility index (Phi) is 9.93. The van der Waals surface area contributed by atoms with Crippen LogP contribution in [0.3, 0.4) is 0 Å². The second kappa shape index (κ2) is 12.2. The van der Waals surface area contributed by atoms with Crippen LogP contribution in [0.25, 0.3) is 6.08 Å². The Morgan fingerprint density at radius 2 is 1.66 bits per heavy atom. The number of carbonyl (C=O) groups excluding carboxylic acids is 1. The molecule has 0 N–H and O–H groups in total. The topological polar surface area (TPSA) is 62.6 Å². The molecule has 1 aliphatic rings. The molecule has 0 atom stereocenters. The van der Waals surface area contributed by atoms with Gasteiger partial charge in [0.15, 0.2) is 0 Å². The maximum Gasteiger partial charge on any atom is 0.349 e. The molecule has 5 nitrogen and oxygen atoms in total. The molecule has 1 aromatic carbocycles. The summed E-state index contributed by atoms with van der Waals surface area (Å²) in [6.07, 6.45) is 10.0. The van der Waals surface area contributed by atoms with Crippen molar-refractivity contribution in [3.8, 4) is 6.07 Å². The molecule has 0 aliphatic carbocycles. The van der Waals surface area contributed by atoms with Gasteiger partial charge >= 0.3 is 5.97 Å². The average Bonchev–Trinajstić information content (AvgIpc) is 2.72. The third kappa shape index (κ3) is 7.76. The summed E-state index contributed by atoms with van der Waals surface area (Å²) in [4.78, 5) is 19.0. The van der Waals surface area contributed by atoms with Crippen LogP contribution in [0, 0.1) is 11.3 Å². The Hall–Kier alpha value is -2.16. The Balaban J connectivity index is 1.94. The van der Waals surface area contributed by atoms with Gasteiger partial charge in [0.25, 0.3) is 0 Å². The van der Waals surface area contributed by atoms with Crippen LogP contribution in [0.5, 0.6) is 0 Å². The van der Waals surface area contributed by atoms with E-state index < -0.39 is 5.97 Å². The van der Waals surface area contributed by atoms with Crippen molar-refractivity contribution < 1.29 is 14.4 Å². The Morgan fingerprint density at radius 3 is 2.25 bits per heavy atom. The van der Waals surface area contributed by atoms with Crippen molar-refractivity contribution >= 4 is 12.0 Å². The van der Waals surface area contributed by atoms with E-state index in [9.17, 15) is 10.1 Å². The van der Waals surface area contributed by atoms with Crippen molar-refractivity contribution in [2.24, 2.45) is 0 Å². The average molecular weight is 441 g/mol. The minimum Gasteiger partial charge on any atom is -0.458 e. The van der Waals surface area contributed by atoms with Crippen molar-refractivity contribution in [2.75, 3.05) is 6.61 Å². The van der Waals surface area contributed by atoms with E-state index in [0.29, 0.717) is 19.4 Å². The number of hydroxylamine groups is 2. The highest BCUT2D eigenvalue weighted by atomic mass is 16.7. The first-order chi connectivity index (χ1) is 15.2. The number of rotatable bonds is 11. The number of ether oxygens (including phenoxy) is 1. The minimum atomic E-state index is -0.561. The predicted molar refractivity (Wildman–Crippen MR) is 128 cm³/mol. The molecular weight excluding hydrogens is 400 g/mol. The minimum absolute atomic E-state index is 0.0218. The fraction of sp³-hybridized carbons (Fsp3) is 0.630. The summed E-state index contributed by atoms with van der Waals surface area (Å²) in [7, 11) is 0. The van der Waals surface area contributed by atoms with Crippen LogP contribution in [-0.4, -0.2) is 34.8 Å². The molecule has 0 radical (unpaired) electrons. The van der Waals surface area contributed by atoms with Gasteiger partial charge in [-0.1, -0.05) is 69.4 Å². The maximum absolute atomic E-state index is 12.7. The van der Waals surface area contributed by atoms with Gasteiger partial charge in [-0.25, -0.2) is 4.79 Å². The maximum atomic E-state index is 12.7. The largest absolute Gasteiger partial charge is 0.458 e. The summed E-state index contributed by atoms with van der Waals surface area (Å²) in [5, 5.41) is 11.6. The number of unbranched alkanes of at least 4 members (excludes halogenated alkanes) is 5. The second-order valence-corrected chi connectivity index (χ2v) is 10.0. The van der Waals surface area contributed by atoms with Crippen LogP contribution >= 0.6 is 0 Å². The molecule has 0 unspecified atom stereocenters. The van der Waals surface area contributed by atoms with E-state index in [0.717, 1.165) is 12.0 Å². The summed E-state index contributed by atoms with van der Waals surface area (Å²) < 4.78 is 5.80. The fourth-order valence-electron chi connectivity index (χ4n) is 4.71. The molecule has 1 aromatic rings. The van der Waals surface area contributed by atoms with Gasteiger partial charge < -0.3 is 4.74 Å². The third-order valence-corrected chi connectivity index (χ3v) is 6.00. The van der Waals surface area contributed by atoms with E-state index in [-0.39, 0.29) is 22.8 Å². The summed E-state index contributed by atoms with van der Waals surface area (Å²) >= 11 is 0. The van der Waals surface area contributed by atoms with Crippen LogP contribution < -0.4 is 0 Å². The van der Waals surface area contributed by atoms with Gasteiger partial charge in [-0.3, -0.25) is 4.84 Å². The molecule has 2 rings (SSSR count). The van der Waals surface area contributed by atoms with Crippen LogP contribution in [0.15, 0.2) is 35.9 Å². The Labute approximate surface area is 194 Å². The van der Waals surface area contributed by atoms with Crippen molar-refractivity contribution in [3.05, 3.63) is 41.5 Å². The number of hydrogen-bond acceptors (Lipinski definition) is 5. The molecule has 32 heavy (non-hydrogen) atoms. The standard InChI is InChI=1S/C27H40N2O3/c1-6-7-8-9-10-14-17-31-29-26(2,3)19-24(20-27(29,4)5)32-25(30)23(21-28)18-22-15-12-11-13-16-22/h11-13,15-16,18,24H,6-10,14,17,19-20H2,1-5H3. The summed E-state index contributed by atoms with van der Waals surface area (Å²) in [5.41, 5.74) is 0.253. The molecule has 1 saturated heterocycles. The van der Waals surface area contributed by atoms with E-state index in [1.54, 1.807) is 6.08 Å². The van der Waals surface area contributed by atoms with E-state index >= 15 is 0 Å². The molecule has 1 fully saturated rings. The Morgan fingerprint density at radius 1 is 1.06 bits per heavy atom. The predicted octanol–water partition coefficient (Wildman–Crippen LogP) is 6.45. The zero-order valence-electron chi connectivity index (χ0n) is 20.5. The highest BCUT2D eigenvalue weighted by molar-refractivity contribution is 5.98. The summed E-state index contributed by atoms with van der Waals surface area (Å²) in [6.45, 7) is 11.4. The highest BCUT2D eigenvalue weighted by Crippen LogP contribution is 2.40. The van der Waals surface area contributed by atoms with Crippen LogP contribution in [0.2, 0.25) is 0 Å². The van der Waals surface area contributed by atoms with Gasteiger partial charge in [0, 0.05) is 23.9 Å². The molecule has 1 aliphatic heterocycles. The fourth-order valence-corrected chi connectivity index (χ4v) is 4.71. The van der Waals surface area contributed by atoms with E-state index in [2.05, 4.69) is 39.7 Å². The molecule has 176 valence electrons. The normalized spacial score (nSPS) is 18.8. The van der Waals surface area contributed by atoms with E-state index in [1.807, 2.05) is 36.4 Å². The van der Waals surface area contributed by atoms with E-state index in [4.69, 9.17) is 9.57 Å². The van der Waals surface area contributed by atoms with Gasteiger partial charge in [-0.2, -0.15) is 10.3 Å². The van der Waals surface area contributed by atoms with Crippen LogP contribution in [0.1, 0.15) is 91.5 Å². The van der Waals surface area contributed by atoms with Crippen molar-refractivity contribution in [1.82, 2.24) is 5.06 Å². The first-order valence-electron chi connectivity index (χ1n) is 12.0. The number of nitrogens with zero attached hydrogens (tertiary/aromatic N) is 2. The third-order valence-electron chi connectivity index (χ3n) is 6.00. The lowest BCUT2D eigenvalue weighted by Gasteiger charge is -2.53. The lowest BCUT2D eigenvalue weighted by atomic mass is 9.80. The second-order valence-electron chi connectivity index (χ2n) is 10.0. The first-order valence-corrected chi connectivity index (χ1v) is 12.0. The molecular formula is C27H40N2O3. The van der Waals surface area contributed by atoms with Gasteiger partial charge in [-0.05, 0) is 45.8 Å². The first kappa shape index (κ1) is 26.1. The molecule has 0 spiro atoms. The van der Waals surface area contributed by atoms with Gasteiger partial charge in [-0.15, -0.1) is 0 Å². The lowest BCUT2D eigenvalue weighted by molar-refractivity contribution is -0.293. The lowest BCUT2D eigenvalue weighted by Crippen LogP contribution is -2.62.